The van der Waals surface area contributed by atoms with Gasteiger partial charge >= 0.3 is 0 Å². The van der Waals surface area contributed by atoms with E-state index >= 15 is 0 Å². The number of halogens is 1. The largest absolute Gasteiger partial charge is 0.398 e. The van der Waals surface area contributed by atoms with Gasteiger partial charge in [0.1, 0.15) is 0 Å². The van der Waals surface area contributed by atoms with Crippen molar-refractivity contribution in [1.82, 2.24) is 4.72 Å². The zero-order valence-corrected chi connectivity index (χ0v) is 12.5. The van der Waals surface area contributed by atoms with Crippen LogP contribution in [0.2, 0.25) is 5.02 Å². The third-order valence-corrected chi connectivity index (χ3v) is 5.61. The summed E-state index contributed by atoms with van der Waals surface area (Å²) < 4.78 is 27.0. The molecule has 6 heteroatoms. The summed E-state index contributed by atoms with van der Waals surface area (Å²) in [6, 6.07) is 4.37. The van der Waals surface area contributed by atoms with Crippen molar-refractivity contribution in [3.63, 3.8) is 0 Å². The third kappa shape index (κ3) is 3.41. The number of nitrogens with one attached hydrogen (secondary N) is 1. The van der Waals surface area contributed by atoms with E-state index in [2.05, 4.69) is 11.6 Å². The monoisotopic (exact) mass is 302 g/mol. The maximum atomic E-state index is 12.1. The van der Waals surface area contributed by atoms with Crippen molar-refractivity contribution in [2.45, 2.75) is 31.1 Å². The molecule has 4 nitrogen and oxygen atoms in total. The molecule has 0 bridgehead atoms. The van der Waals surface area contributed by atoms with Crippen molar-refractivity contribution < 1.29 is 8.42 Å². The molecule has 0 radical (unpaired) electrons. The molecular formula is C13H19ClN2O2S. The van der Waals surface area contributed by atoms with E-state index in [9.17, 15) is 8.42 Å². The summed E-state index contributed by atoms with van der Waals surface area (Å²) in [6.07, 6.45) is 3.45. The van der Waals surface area contributed by atoms with Gasteiger partial charge in [0.25, 0.3) is 0 Å². The number of sulfonamides is 1. The second-order valence-electron chi connectivity index (χ2n) is 5.20. The Bertz CT molecular complexity index is 560. The van der Waals surface area contributed by atoms with Crippen LogP contribution in [0.5, 0.6) is 0 Å². The molecule has 2 atom stereocenters. The number of hydrogen-bond acceptors (Lipinski definition) is 3. The second kappa shape index (κ2) is 5.69. The minimum Gasteiger partial charge on any atom is -0.398 e. The van der Waals surface area contributed by atoms with E-state index in [1.807, 2.05) is 0 Å². The molecule has 0 heterocycles. The number of benzene rings is 1. The normalized spacial score (nSPS) is 23.7. The molecule has 2 unspecified atom stereocenters. The molecule has 0 spiro atoms. The van der Waals surface area contributed by atoms with Gasteiger partial charge in [0.15, 0.2) is 0 Å². The number of hydrogen-bond donors (Lipinski definition) is 2. The Hall–Kier alpha value is -0.780. The highest BCUT2D eigenvalue weighted by Crippen LogP contribution is 2.31. The lowest BCUT2D eigenvalue weighted by Crippen LogP contribution is -2.30. The molecule has 0 aliphatic heterocycles. The van der Waals surface area contributed by atoms with Crippen LogP contribution in [0.15, 0.2) is 23.1 Å². The lowest BCUT2D eigenvalue weighted by atomic mass is 9.99. The average Bonchev–Trinajstić information content (AvgIpc) is 2.76. The Morgan fingerprint density at radius 2 is 2.16 bits per heavy atom. The Morgan fingerprint density at radius 3 is 2.74 bits per heavy atom. The molecular weight excluding hydrogens is 284 g/mol. The predicted molar refractivity (Wildman–Crippen MR) is 77.6 cm³/mol. The van der Waals surface area contributed by atoms with Crippen molar-refractivity contribution in [1.29, 1.82) is 0 Å². The quantitative estimate of drug-likeness (QED) is 0.840. The molecule has 3 N–H and O–H groups in total. The zero-order chi connectivity index (χ0) is 14.0. The highest BCUT2D eigenvalue weighted by molar-refractivity contribution is 7.89. The Balaban J connectivity index is 2.07. The Kier molecular flexibility index (Phi) is 4.38. The lowest BCUT2D eigenvalue weighted by Gasteiger charge is -2.16. The standard InChI is InChI=1S/C13H19ClN2O2S/c1-9-3-2-4-10(9)8-16-19(17,18)11-5-6-13(15)12(14)7-11/h5-7,9-10,16H,2-4,8,15H2,1H3. The molecule has 0 aromatic heterocycles. The van der Waals surface area contributed by atoms with E-state index in [4.69, 9.17) is 17.3 Å². The van der Waals surface area contributed by atoms with Crippen molar-refractivity contribution in [2.75, 3.05) is 12.3 Å². The zero-order valence-electron chi connectivity index (χ0n) is 10.9. The first-order valence-electron chi connectivity index (χ1n) is 6.45. The fourth-order valence-electron chi connectivity index (χ4n) is 2.50. The molecule has 1 aliphatic rings. The van der Waals surface area contributed by atoms with E-state index in [-0.39, 0.29) is 9.92 Å². The summed E-state index contributed by atoms with van der Waals surface area (Å²) in [4.78, 5) is 0.164. The van der Waals surface area contributed by atoms with Crippen LogP contribution in [0.3, 0.4) is 0 Å². The van der Waals surface area contributed by atoms with E-state index < -0.39 is 10.0 Å². The number of nitrogen functional groups attached to an aromatic ring is 1. The third-order valence-electron chi connectivity index (χ3n) is 3.86. The van der Waals surface area contributed by atoms with Crippen LogP contribution in [-0.4, -0.2) is 15.0 Å². The van der Waals surface area contributed by atoms with Crippen LogP contribution in [0, 0.1) is 11.8 Å². The predicted octanol–water partition coefficient (Wildman–Crippen LogP) is 2.64. The van der Waals surface area contributed by atoms with Crippen molar-refractivity contribution in [2.24, 2.45) is 11.8 Å². The fraction of sp³-hybridized carbons (Fsp3) is 0.538. The molecule has 1 saturated carbocycles. The average molecular weight is 303 g/mol. The van der Waals surface area contributed by atoms with Gasteiger partial charge in [-0.05, 0) is 36.5 Å². The highest BCUT2D eigenvalue weighted by atomic mass is 35.5. The SMILES string of the molecule is CC1CCCC1CNS(=O)(=O)c1ccc(N)c(Cl)c1. The molecule has 1 fully saturated rings. The molecule has 19 heavy (non-hydrogen) atoms. The van der Waals surface area contributed by atoms with Gasteiger partial charge in [-0.2, -0.15) is 0 Å². The summed E-state index contributed by atoms with van der Waals surface area (Å²) in [5.41, 5.74) is 5.96. The van der Waals surface area contributed by atoms with Gasteiger partial charge in [-0.1, -0.05) is 31.4 Å². The van der Waals surface area contributed by atoms with Crippen LogP contribution in [0.25, 0.3) is 0 Å². The molecule has 2 rings (SSSR count). The number of anilines is 1. The van der Waals surface area contributed by atoms with Gasteiger partial charge in [0, 0.05) is 6.54 Å². The number of nitrogens with two attached hydrogens (primary N) is 1. The lowest BCUT2D eigenvalue weighted by molar-refractivity contribution is 0.414. The van der Waals surface area contributed by atoms with E-state index in [0.717, 1.165) is 6.42 Å². The van der Waals surface area contributed by atoms with E-state index in [1.54, 1.807) is 0 Å². The Labute approximate surface area is 119 Å². The first-order chi connectivity index (χ1) is 8.90. The molecule has 0 saturated heterocycles. The van der Waals surface area contributed by atoms with Gasteiger partial charge in [-0.25, -0.2) is 13.1 Å². The van der Waals surface area contributed by atoms with Gasteiger partial charge in [0.05, 0.1) is 15.6 Å². The smallest absolute Gasteiger partial charge is 0.240 e. The maximum absolute atomic E-state index is 12.1. The molecule has 1 aromatic rings. The van der Waals surface area contributed by atoms with Gasteiger partial charge < -0.3 is 5.73 Å². The summed E-state index contributed by atoms with van der Waals surface area (Å²) in [7, 11) is -3.50. The summed E-state index contributed by atoms with van der Waals surface area (Å²) >= 11 is 5.85. The van der Waals surface area contributed by atoms with Crippen LogP contribution in [0.4, 0.5) is 5.69 Å². The molecule has 106 valence electrons. The van der Waals surface area contributed by atoms with Crippen LogP contribution >= 0.6 is 11.6 Å². The fourth-order valence-corrected chi connectivity index (χ4v) is 3.87. The van der Waals surface area contributed by atoms with E-state index in [1.165, 1.54) is 31.0 Å². The van der Waals surface area contributed by atoms with Crippen LogP contribution in [0.1, 0.15) is 26.2 Å². The Morgan fingerprint density at radius 1 is 1.42 bits per heavy atom. The maximum Gasteiger partial charge on any atom is 0.240 e. The second-order valence-corrected chi connectivity index (χ2v) is 7.38. The first kappa shape index (κ1) is 14.6. The first-order valence-corrected chi connectivity index (χ1v) is 8.31. The summed E-state index contributed by atoms with van der Waals surface area (Å²) in [6.45, 7) is 2.66. The van der Waals surface area contributed by atoms with Crippen LogP contribution in [-0.2, 0) is 10.0 Å². The highest BCUT2D eigenvalue weighted by Gasteiger charge is 2.25. The topological polar surface area (TPSA) is 72.2 Å². The summed E-state index contributed by atoms with van der Waals surface area (Å²) in [5, 5.41) is 0.261. The van der Waals surface area contributed by atoms with Crippen molar-refractivity contribution >= 4 is 27.3 Å². The van der Waals surface area contributed by atoms with Crippen LogP contribution < -0.4 is 10.5 Å². The minimum absolute atomic E-state index is 0.164. The van der Waals surface area contributed by atoms with Crippen molar-refractivity contribution in [3.05, 3.63) is 23.2 Å². The van der Waals surface area contributed by atoms with E-state index in [0.29, 0.717) is 24.1 Å². The van der Waals surface area contributed by atoms with Gasteiger partial charge in [0.2, 0.25) is 10.0 Å². The summed E-state index contributed by atoms with van der Waals surface area (Å²) in [5.74, 6) is 1.01. The number of rotatable bonds is 4. The molecule has 1 aromatic carbocycles. The molecule has 0 amide bonds. The molecule has 1 aliphatic carbocycles. The minimum atomic E-state index is -3.50. The van der Waals surface area contributed by atoms with Crippen molar-refractivity contribution in [3.8, 4) is 0 Å². The van der Waals surface area contributed by atoms with Gasteiger partial charge in [-0.3, -0.25) is 0 Å². The van der Waals surface area contributed by atoms with Gasteiger partial charge in [-0.15, -0.1) is 0 Å².